The monoisotopic (exact) mass is 194 g/mol. The molecule has 1 heterocycles. The van der Waals surface area contributed by atoms with E-state index < -0.39 is 0 Å². The summed E-state index contributed by atoms with van der Waals surface area (Å²) in [5, 5.41) is 0. The summed E-state index contributed by atoms with van der Waals surface area (Å²) in [4.78, 5) is 17.1. The fraction of sp³-hybridized carbons (Fsp3) is 0.400. The highest BCUT2D eigenvalue weighted by Gasteiger charge is 2.05. The molecular formula is C10H14N2O2. The van der Waals surface area contributed by atoms with E-state index in [0.29, 0.717) is 12.2 Å². The summed E-state index contributed by atoms with van der Waals surface area (Å²) in [7, 11) is 3.86. The van der Waals surface area contributed by atoms with Gasteiger partial charge in [0.1, 0.15) is 6.61 Å². The Bertz CT molecular complexity index is 285. The van der Waals surface area contributed by atoms with Crippen molar-refractivity contribution in [2.24, 2.45) is 0 Å². The minimum absolute atomic E-state index is 0.297. The smallest absolute Gasteiger partial charge is 0.338 e. The first kappa shape index (κ1) is 10.7. The third kappa shape index (κ3) is 3.53. The normalized spacial score (nSPS) is 10.2. The first-order valence-electron chi connectivity index (χ1n) is 4.42. The van der Waals surface area contributed by atoms with Crippen LogP contribution in [-0.4, -0.2) is 43.1 Å². The van der Waals surface area contributed by atoms with E-state index in [0.717, 1.165) is 6.54 Å². The van der Waals surface area contributed by atoms with Gasteiger partial charge in [0.05, 0.1) is 5.56 Å². The molecule has 76 valence electrons. The van der Waals surface area contributed by atoms with Crippen molar-refractivity contribution in [3.8, 4) is 0 Å². The molecule has 0 aliphatic rings. The van der Waals surface area contributed by atoms with Crippen LogP contribution in [0.5, 0.6) is 0 Å². The minimum atomic E-state index is -0.297. The van der Waals surface area contributed by atoms with Crippen LogP contribution in [-0.2, 0) is 4.74 Å². The SMILES string of the molecule is CN(C)CCOC(=O)c1ccncc1. The van der Waals surface area contributed by atoms with Crippen LogP contribution in [0.1, 0.15) is 10.4 Å². The van der Waals surface area contributed by atoms with Crippen LogP contribution < -0.4 is 0 Å². The maximum atomic E-state index is 11.4. The van der Waals surface area contributed by atoms with Crippen LogP contribution >= 0.6 is 0 Å². The van der Waals surface area contributed by atoms with Crippen LogP contribution in [0.3, 0.4) is 0 Å². The highest BCUT2D eigenvalue weighted by Crippen LogP contribution is 1.98. The Balaban J connectivity index is 2.36. The van der Waals surface area contributed by atoms with Gasteiger partial charge in [0.25, 0.3) is 0 Å². The van der Waals surface area contributed by atoms with E-state index in [1.54, 1.807) is 24.5 Å². The molecule has 0 N–H and O–H groups in total. The van der Waals surface area contributed by atoms with Gasteiger partial charge in [-0.3, -0.25) is 4.98 Å². The molecule has 0 atom stereocenters. The maximum absolute atomic E-state index is 11.4. The number of esters is 1. The molecule has 0 fully saturated rings. The molecule has 0 amide bonds. The van der Waals surface area contributed by atoms with E-state index >= 15 is 0 Å². The van der Waals surface area contributed by atoms with E-state index in [2.05, 4.69) is 4.98 Å². The van der Waals surface area contributed by atoms with Crippen molar-refractivity contribution >= 4 is 5.97 Å². The molecule has 1 aromatic rings. The molecular weight excluding hydrogens is 180 g/mol. The topological polar surface area (TPSA) is 42.4 Å². The predicted octanol–water partition coefficient (Wildman–Crippen LogP) is 0.800. The van der Waals surface area contributed by atoms with Gasteiger partial charge in [-0.15, -0.1) is 0 Å². The summed E-state index contributed by atoms with van der Waals surface area (Å²) in [5.74, 6) is -0.297. The molecule has 0 saturated carbocycles. The molecule has 14 heavy (non-hydrogen) atoms. The number of ether oxygens (including phenoxy) is 1. The van der Waals surface area contributed by atoms with Gasteiger partial charge in [0.15, 0.2) is 0 Å². The number of aromatic nitrogens is 1. The second-order valence-electron chi connectivity index (χ2n) is 3.18. The Morgan fingerprint density at radius 2 is 2.07 bits per heavy atom. The van der Waals surface area contributed by atoms with Crippen LogP contribution in [0.25, 0.3) is 0 Å². The van der Waals surface area contributed by atoms with Crippen LogP contribution in [0.2, 0.25) is 0 Å². The average Bonchev–Trinajstić information content (AvgIpc) is 2.18. The van der Waals surface area contributed by atoms with Crippen molar-refractivity contribution in [1.29, 1.82) is 0 Å². The standard InChI is InChI=1S/C10H14N2O2/c1-12(2)7-8-14-10(13)9-3-5-11-6-4-9/h3-6H,7-8H2,1-2H3. The summed E-state index contributed by atoms with van der Waals surface area (Å²) in [6, 6.07) is 3.27. The zero-order chi connectivity index (χ0) is 10.4. The van der Waals surface area contributed by atoms with Gasteiger partial charge in [0, 0.05) is 18.9 Å². The largest absolute Gasteiger partial charge is 0.461 e. The lowest BCUT2D eigenvalue weighted by Gasteiger charge is -2.09. The van der Waals surface area contributed by atoms with Crippen molar-refractivity contribution in [2.45, 2.75) is 0 Å². The highest BCUT2D eigenvalue weighted by molar-refractivity contribution is 5.89. The van der Waals surface area contributed by atoms with E-state index in [1.807, 2.05) is 19.0 Å². The molecule has 0 aromatic carbocycles. The van der Waals surface area contributed by atoms with Gasteiger partial charge in [-0.05, 0) is 26.2 Å². The van der Waals surface area contributed by atoms with Crippen LogP contribution in [0.4, 0.5) is 0 Å². The summed E-state index contributed by atoms with van der Waals surface area (Å²) in [5.41, 5.74) is 0.541. The molecule has 0 aliphatic carbocycles. The number of likely N-dealkylation sites (N-methyl/N-ethyl adjacent to an activating group) is 1. The van der Waals surface area contributed by atoms with Crippen LogP contribution in [0.15, 0.2) is 24.5 Å². The molecule has 1 rings (SSSR count). The van der Waals surface area contributed by atoms with Gasteiger partial charge in [0.2, 0.25) is 0 Å². The summed E-state index contributed by atoms with van der Waals surface area (Å²) in [6.07, 6.45) is 3.14. The highest BCUT2D eigenvalue weighted by atomic mass is 16.5. The molecule has 0 spiro atoms. The fourth-order valence-corrected chi connectivity index (χ4v) is 0.892. The van der Waals surface area contributed by atoms with E-state index in [1.165, 1.54) is 0 Å². The Morgan fingerprint density at radius 1 is 1.43 bits per heavy atom. The number of hydrogen-bond acceptors (Lipinski definition) is 4. The first-order chi connectivity index (χ1) is 6.70. The van der Waals surface area contributed by atoms with Crippen molar-refractivity contribution in [1.82, 2.24) is 9.88 Å². The van der Waals surface area contributed by atoms with Gasteiger partial charge in [-0.25, -0.2) is 4.79 Å². The molecule has 1 aromatic heterocycles. The minimum Gasteiger partial charge on any atom is -0.461 e. The van der Waals surface area contributed by atoms with Gasteiger partial charge < -0.3 is 9.64 Å². The third-order valence-electron chi connectivity index (χ3n) is 1.69. The summed E-state index contributed by atoms with van der Waals surface area (Å²) >= 11 is 0. The number of carbonyl (C=O) groups is 1. The van der Waals surface area contributed by atoms with Crippen molar-refractivity contribution in [2.75, 3.05) is 27.2 Å². The van der Waals surface area contributed by atoms with Crippen molar-refractivity contribution < 1.29 is 9.53 Å². The molecule has 0 unspecified atom stereocenters. The summed E-state index contributed by atoms with van der Waals surface area (Å²) < 4.78 is 5.03. The fourth-order valence-electron chi connectivity index (χ4n) is 0.892. The van der Waals surface area contributed by atoms with E-state index in [-0.39, 0.29) is 5.97 Å². The predicted molar refractivity (Wildman–Crippen MR) is 53.1 cm³/mol. The van der Waals surface area contributed by atoms with E-state index in [4.69, 9.17) is 4.74 Å². The first-order valence-corrected chi connectivity index (χ1v) is 4.42. The lowest BCUT2D eigenvalue weighted by atomic mass is 10.3. The summed E-state index contributed by atoms with van der Waals surface area (Å²) in [6.45, 7) is 1.14. The second-order valence-corrected chi connectivity index (χ2v) is 3.18. The molecule has 0 radical (unpaired) electrons. The Labute approximate surface area is 83.5 Å². The van der Waals surface area contributed by atoms with Crippen molar-refractivity contribution in [3.63, 3.8) is 0 Å². The van der Waals surface area contributed by atoms with Crippen molar-refractivity contribution in [3.05, 3.63) is 30.1 Å². The number of nitrogens with zero attached hydrogens (tertiary/aromatic N) is 2. The quantitative estimate of drug-likeness (QED) is 0.665. The molecule has 0 saturated heterocycles. The van der Waals surface area contributed by atoms with Gasteiger partial charge >= 0.3 is 5.97 Å². The van der Waals surface area contributed by atoms with Gasteiger partial charge in [-0.1, -0.05) is 0 Å². The Hall–Kier alpha value is -1.42. The number of rotatable bonds is 4. The Morgan fingerprint density at radius 3 is 2.64 bits per heavy atom. The maximum Gasteiger partial charge on any atom is 0.338 e. The Kier molecular flexibility index (Phi) is 4.07. The molecule has 4 heteroatoms. The molecule has 0 aliphatic heterocycles. The molecule has 0 bridgehead atoms. The van der Waals surface area contributed by atoms with E-state index in [9.17, 15) is 4.79 Å². The average molecular weight is 194 g/mol. The lowest BCUT2D eigenvalue weighted by molar-refractivity contribution is 0.0481. The number of pyridine rings is 1. The number of hydrogen-bond donors (Lipinski definition) is 0. The zero-order valence-corrected chi connectivity index (χ0v) is 8.43. The lowest BCUT2D eigenvalue weighted by Crippen LogP contribution is -2.20. The molecule has 4 nitrogen and oxygen atoms in total. The third-order valence-corrected chi connectivity index (χ3v) is 1.69. The second kappa shape index (κ2) is 5.34. The van der Waals surface area contributed by atoms with Crippen LogP contribution in [0, 0.1) is 0 Å². The zero-order valence-electron chi connectivity index (χ0n) is 8.43. The van der Waals surface area contributed by atoms with Gasteiger partial charge in [-0.2, -0.15) is 0 Å². The number of carbonyl (C=O) groups excluding carboxylic acids is 1.